The van der Waals surface area contributed by atoms with Gasteiger partial charge in [-0.25, -0.2) is 8.78 Å². The van der Waals surface area contributed by atoms with Gasteiger partial charge in [-0.05, 0) is 47.5 Å². The van der Waals surface area contributed by atoms with Crippen molar-refractivity contribution in [2.45, 2.75) is 0 Å². The van der Waals surface area contributed by atoms with Gasteiger partial charge in [0.15, 0.2) is 0 Å². The lowest BCUT2D eigenvalue weighted by atomic mass is 9.87. The van der Waals surface area contributed by atoms with Crippen LogP contribution in [0.5, 0.6) is 0 Å². The third-order valence-electron chi connectivity index (χ3n) is 7.51. The highest BCUT2D eigenvalue weighted by molar-refractivity contribution is 6.30. The zero-order valence-electron chi connectivity index (χ0n) is 23.7. The number of hydrogen-bond acceptors (Lipinski definition) is 10. The van der Waals surface area contributed by atoms with Gasteiger partial charge in [0.25, 0.3) is 0 Å². The number of fused-ring (bicyclic) bond motifs is 2. The van der Waals surface area contributed by atoms with Crippen LogP contribution in [0.25, 0.3) is 33.4 Å². The molecule has 12 heteroatoms. The molecule has 0 saturated carbocycles. The molecule has 0 aliphatic heterocycles. The molecular formula is C36H6F2N10. The van der Waals surface area contributed by atoms with Crippen molar-refractivity contribution in [3.05, 3.63) is 115 Å². The zero-order chi connectivity index (χ0) is 34.9. The van der Waals surface area contributed by atoms with Gasteiger partial charge in [0.05, 0.1) is 57.7 Å². The Labute approximate surface area is 270 Å². The van der Waals surface area contributed by atoms with E-state index in [-0.39, 0.29) is 44.5 Å². The van der Waals surface area contributed by atoms with Crippen LogP contribution >= 0.6 is 0 Å². The van der Waals surface area contributed by atoms with E-state index in [9.17, 15) is 52.6 Å². The third kappa shape index (κ3) is 4.29. The van der Waals surface area contributed by atoms with Crippen LogP contribution in [0.1, 0.15) is 55.6 Å². The molecule has 0 atom stereocenters. The summed E-state index contributed by atoms with van der Waals surface area (Å²) >= 11 is 0. The summed E-state index contributed by atoms with van der Waals surface area (Å²) in [4.78, 5) is 0. The number of hydrogen-bond donors (Lipinski definition) is 0. The van der Waals surface area contributed by atoms with Crippen molar-refractivity contribution < 1.29 is 8.78 Å². The molecule has 0 aromatic heterocycles. The molecular weight excluding hydrogens is 610 g/mol. The number of nitrogens with zero attached hydrogens (tertiary/aromatic N) is 10. The number of nitriles is 10. The Bertz CT molecular complexity index is 2410. The topological polar surface area (TPSA) is 238 Å². The van der Waals surface area contributed by atoms with Gasteiger partial charge in [0.1, 0.15) is 59.2 Å². The predicted molar refractivity (Wildman–Crippen MR) is 159 cm³/mol. The van der Waals surface area contributed by atoms with Crippen molar-refractivity contribution in [1.29, 1.82) is 52.6 Å². The Balaban J connectivity index is 2.06. The molecule has 48 heavy (non-hydrogen) atoms. The average molecular weight is 617 g/mol. The maximum atomic E-state index is 17.2. The lowest BCUT2D eigenvalue weighted by Crippen LogP contribution is -2.05. The second-order valence-corrected chi connectivity index (χ2v) is 9.84. The van der Waals surface area contributed by atoms with Crippen molar-refractivity contribution in [3.63, 3.8) is 0 Å². The summed E-state index contributed by atoms with van der Waals surface area (Å²) in [5.41, 5.74) is -8.20. The van der Waals surface area contributed by atoms with Gasteiger partial charge in [-0.15, -0.1) is 0 Å². The molecule has 0 saturated heterocycles. The van der Waals surface area contributed by atoms with E-state index in [0.717, 1.165) is 0 Å². The highest BCUT2D eigenvalue weighted by Crippen LogP contribution is 2.57. The van der Waals surface area contributed by atoms with E-state index in [1.165, 1.54) is 36.4 Å². The molecule has 5 rings (SSSR count). The molecule has 2 aliphatic carbocycles. The van der Waals surface area contributed by atoms with E-state index in [2.05, 4.69) is 0 Å². The largest absolute Gasteiger partial charge is 0.206 e. The molecule has 0 N–H and O–H groups in total. The molecule has 10 nitrogen and oxygen atoms in total. The van der Waals surface area contributed by atoms with E-state index in [1.807, 2.05) is 24.3 Å². The molecule has 0 amide bonds. The molecule has 214 valence electrons. The summed E-state index contributed by atoms with van der Waals surface area (Å²) in [6, 6.07) is 24.4. The summed E-state index contributed by atoms with van der Waals surface area (Å²) in [6.07, 6.45) is 0. The smallest absolute Gasteiger partial charge is 0.141 e. The van der Waals surface area contributed by atoms with Crippen molar-refractivity contribution in [1.82, 2.24) is 0 Å². The Morgan fingerprint density at radius 3 is 0.938 bits per heavy atom. The fourth-order valence-corrected chi connectivity index (χ4v) is 5.75. The van der Waals surface area contributed by atoms with Gasteiger partial charge in [0, 0.05) is 44.5 Å². The molecule has 0 bridgehead atoms. The van der Waals surface area contributed by atoms with Crippen LogP contribution < -0.4 is 0 Å². The van der Waals surface area contributed by atoms with Gasteiger partial charge in [-0.2, -0.15) is 52.6 Å². The van der Waals surface area contributed by atoms with Gasteiger partial charge < -0.3 is 0 Å². The highest BCUT2D eigenvalue weighted by atomic mass is 19.1. The van der Waals surface area contributed by atoms with E-state index >= 15 is 8.78 Å². The second-order valence-electron chi connectivity index (χ2n) is 9.84. The molecule has 0 fully saturated rings. The van der Waals surface area contributed by atoms with Crippen LogP contribution in [0.4, 0.5) is 8.78 Å². The van der Waals surface area contributed by atoms with E-state index in [1.54, 1.807) is 36.4 Å². The maximum absolute atomic E-state index is 17.2. The molecule has 2 aliphatic rings. The normalized spacial score (nSPS) is 11.9. The average Bonchev–Trinajstić information content (AvgIpc) is 3.65. The Kier molecular flexibility index (Phi) is 7.59. The summed E-state index contributed by atoms with van der Waals surface area (Å²) < 4.78 is 34.3. The SMILES string of the molecule is N#CC(C#N)=C1C(c2cc(C#N)cc(C#N)c2)=C(C#N)c2c(F)c3c(c(F)c21)C(=C(C#N)C#N)C(c1cc(C#N)cc(C#N)c1)=C3C#N. The standard InChI is InChI=1S/C36H6F2N10/c37-35-31-25(15-47)27(21-3-17(7-39)1-18(4-21)8-40)29(23(11-43)12-44)33(31)36(38)34-30(24(13-45)14-46)28(26(16-48)32(34)35)22-5-19(9-41)2-20(6-22)10-42/h1-6H. The van der Waals surface area contributed by atoms with Crippen LogP contribution in [-0.2, 0) is 0 Å². The quantitative estimate of drug-likeness (QED) is 0.306. The minimum absolute atomic E-state index is 0.0865. The highest BCUT2D eigenvalue weighted by Gasteiger charge is 2.44. The lowest BCUT2D eigenvalue weighted by molar-refractivity contribution is 0.590. The van der Waals surface area contributed by atoms with Gasteiger partial charge in [-0.3, -0.25) is 0 Å². The summed E-state index contributed by atoms with van der Waals surface area (Å²) in [6.45, 7) is 0. The molecule has 0 unspecified atom stereocenters. The monoisotopic (exact) mass is 616 g/mol. The van der Waals surface area contributed by atoms with E-state index in [4.69, 9.17) is 0 Å². The fraction of sp³-hybridized carbons (Fsp3) is 0. The van der Waals surface area contributed by atoms with Crippen molar-refractivity contribution in [3.8, 4) is 60.7 Å². The van der Waals surface area contributed by atoms with Crippen LogP contribution in [0.3, 0.4) is 0 Å². The minimum atomic E-state index is -1.41. The molecule has 0 radical (unpaired) electrons. The first-order valence-electron chi connectivity index (χ1n) is 13.1. The Morgan fingerprint density at radius 1 is 0.396 bits per heavy atom. The lowest BCUT2D eigenvalue weighted by Gasteiger charge is -2.15. The van der Waals surface area contributed by atoms with Crippen LogP contribution in [0.15, 0.2) is 47.5 Å². The van der Waals surface area contributed by atoms with Crippen molar-refractivity contribution in [2.24, 2.45) is 0 Å². The fourth-order valence-electron chi connectivity index (χ4n) is 5.75. The minimum Gasteiger partial charge on any atom is -0.206 e. The van der Waals surface area contributed by atoms with Crippen LogP contribution in [0.2, 0.25) is 0 Å². The molecule has 3 aromatic carbocycles. The Morgan fingerprint density at radius 2 is 0.688 bits per heavy atom. The first-order chi connectivity index (χ1) is 23.2. The van der Waals surface area contributed by atoms with Gasteiger partial charge in [-0.1, -0.05) is 0 Å². The first kappa shape index (κ1) is 30.8. The van der Waals surface area contributed by atoms with Crippen molar-refractivity contribution in [2.75, 3.05) is 0 Å². The number of allylic oxidation sites excluding steroid dienone is 8. The maximum Gasteiger partial charge on any atom is 0.141 e. The molecule has 0 heterocycles. The summed E-state index contributed by atoms with van der Waals surface area (Å²) in [7, 11) is 0. The van der Waals surface area contributed by atoms with Gasteiger partial charge in [0.2, 0.25) is 0 Å². The van der Waals surface area contributed by atoms with Crippen LogP contribution in [-0.4, -0.2) is 0 Å². The summed E-state index contributed by atoms with van der Waals surface area (Å²) in [5.74, 6) is -2.79. The summed E-state index contributed by atoms with van der Waals surface area (Å²) in [5, 5.41) is 98.6. The molecule has 0 spiro atoms. The third-order valence-corrected chi connectivity index (χ3v) is 7.51. The predicted octanol–water partition coefficient (Wildman–Crippen LogP) is 5.95. The van der Waals surface area contributed by atoms with Crippen molar-refractivity contribution >= 4 is 33.4 Å². The second kappa shape index (κ2) is 11.8. The Hall–Kier alpha value is -8.62. The van der Waals surface area contributed by atoms with E-state index < -0.39 is 67.3 Å². The van der Waals surface area contributed by atoms with Gasteiger partial charge >= 0.3 is 0 Å². The molecule has 3 aromatic rings. The van der Waals surface area contributed by atoms with Crippen LogP contribution in [0, 0.1) is 125 Å². The number of halogens is 2. The zero-order valence-corrected chi connectivity index (χ0v) is 23.7. The first-order valence-corrected chi connectivity index (χ1v) is 13.1. The number of benzene rings is 3. The van der Waals surface area contributed by atoms with E-state index in [0.29, 0.717) is 0 Å². The number of rotatable bonds is 2.